The van der Waals surface area contributed by atoms with E-state index >= 15 is 0 Å². The normalized spacial score (nSPS) is 35.1. The zero-order valence-corrected chi connectivity index (χ0v) is 7.06. The van der Waals surface area contributed by atoms with E-state index in [9.17, 15) is 0 Å². The lowest BCUT2D eigenvalue weighted by Crippen LogP contribution is -2.60. The molecule has 0 aromatic heterocycles. The van der Waals surface area contributed by atoms with Gasteiger partial charge in [-0.3, -0.25) is 5.32 Å². The highest BCUT2D eigenvalue weighted by Gasteiger charge is 2.15. The molecule has 0 aromatic rings. The fraction of sp³-hybridized carbons (Fsp3) is 0.667. The maximum Gasteiger partial charge on any atom is 0.170 e. The zero-order chi connectivity index (χ0) is 6.85. The Kier molecular flexibility index (Phi) is 2.45. The van der Waals surface area contributed by atoms with E-state index in [1.54, 1.807) is 0 Å². The molecule has 1 saturated heterocycles. The van der Waals surface area contributed by atoms with Crippen LogP contribution in [0.1, 0.15) is 0 Å². The molecule has 0 radical (unpaired) electrons. The first-order chi connectivity index (χ1) is 4.18. The van der Waals surface area contributed by atoms with E-state index in [0.29, 0.717) is 5.11 Å². The summed E-state index contributed by atoms with van der Waals surface area (Å²) in [5.41, 5.74) is -0.192. The Bertz CT molecular complexity index is 115. The minimum atomic E-state index is -0.0961. The molecule has 1 fully saturated rings. The Morgan fingerprint density at radius 3 is 2.00 bits per heavy atom. The van der Waals surface area contributed by atoms with E-state index < -0.39 is 0 Å². The number of thiol groups is 2. The van der Waals surface area contributed by atoms with Gasteiger partial charge >= 0.3 is 0 Å². The molecule has 1 heterocycles. The number of hydrogen-bond acceptors (Lipinski definition) is 4. The fourth-order valence-electron chi connectivity index (χ4n) is 0.523. The minimum absolute atomic E-state index is 0.0961. The van der Waals surface area contributed by atoms with Crippen LogP contribution < -0.4 is 16.0 Å². The Morgan fingerprint density at radius 2 is 1.67 bits per heavy atom. The summed E-state index contributed by atoms with van der Waals surface area (Å²) < 4.78 is 0. The molecular weight excluding hydrogens is 174 g/mol. The van der Waals surface area contributed by atoms with Crippen LogP contribution in [0.4, 0.5) is 0 Å². The van der Waals surface area contributed by atoms with Crippen molar-refractivity contribution < 1.29 is 0 Å². The van der Waals surface area contributed by atoms with Crippen molar-refractivity contribution in [2.24, 2.45) is 0 Å². The lowest BCUT2D eigenvalue weighted by molar-refractivity contribution is 0.532. The van der Waals surface area contributed by atoms with Gasteiger partial charge in [-0.25, -0.2) is 0 Å². The number of thiocarbonyl (C=S) groups is 1. The van der Waals surface area contributed by atoms with Crippen molar-refractivity contribution in [2.75, 3.05) is 0 Å². The average Bonchev–Trinajstić information content (AvgIpc) is 1.59. The number of hydrogen-bond donors (Lipinski definition) is 5. The van der Waals surface area contributed by atoms with Gasteiger partial charge in [0.05, 0.1) is 0 Å². The third-order valence-corrected chi connectivity index (χ3v) is 1.64. The van der Waals surface area contributed by atoms with Crippen molar-refractivity contribution in [3.63, 3.8) is 0 Å². The maximum atomic E-state index is 4.80. The molecule has 0 amide bonds. The molecule has 2 unspecified atom stereocenters. The molecule has 0 saturated carbocycles. The summed E-state index contributed by atoms with van der Waals surface area (Å²) in [6.07, 6.45) is 0. The minimum Gasteiger partial charge on any atom is -0.339 e. The Labute approximate surface area is 69.8 Å². The van der Waals surface area contributed by atoms with Gasteiger partial charge in [0.15, 0.2) is 5.11 Å². The fourth-order valence-corrected chi connectivity index (χ4v) is 1.61. The van der Waals surface area contributed by atoms with Gasteiger partial charge in [-0.2, -0.15) is 0 Å². The van der Waals surface area contributed by atoms with Crippen LogP contribution in [0, 0.1) is 0 Å². The molecule has 2 atom stereocenters. The van der Waals surface area contributed by atoms with Crippen molar-refractivity contribution in [2.45, 2.75) is 11.0 Å². The third-order valence-electron chi connectivity index (χ3n) is 0.851. The molecular formula is C3H7N3S3. The summed E-state index contributed by atoms with van der Waals surface area (Å²) in [6.45, 7) is 0. The zero-order valence-electron chi connectivity index (χ0n) is 4.46. The lowest BCUT2D eigenvalue weighted by Gasteiger charge is -2.28. The van der Waals surface area contributed by atoms with Crippen LogP contribution in [0.3, 0.4) is 0 Å². The predicted molar refractivity (Wildman–Crippen MR) is 47.6 cm³/mol. The monoisotopic (exact) mass is 181 g/mol. The SMILES string of the molecule is S=C1NC(S)NC(S)N1. The second-order valence-electron chi connectivity index (χ2n) is 1.59. The molecule has 0 aliphatic carbocycles. The van der Waals surface area contributed by atoms with Gasteiger partial charge in [-0.05, 0) is 12.2 Å². The van der Waals surface area contributed by atoms with Crippen molar-refractivity contribution in [1.82, 2.24) is 16.0 Å². The Hall–Kier alpha value is 0.350. The number of rotatable bonds is 0. The van der Waals surface area contributed by atoms with Crippen molar-refractivity contribution >= 4 is 42.6 Å². The molecule has 52 valence electrons. The molecule has 1 rings (SSSR count). The van der Waals surface area contributed by atoms with E-state index in [2.05, 4.69) is 41.2 Å². The van der Waals surface area contributed by atoms with Gasteiger partial charge < -0.3 is 10.6 Å². The van der Waals surface area contributed by atoms with Crippen molar-refractivity contribution in [1.29, 1.82) is 0 Å². The molecule has 9 heavy (non-hydrogen) atoms. The second-order valence-corrected chi connectivity index (χ2v) is 3.03. The highest BCUT2D eigenvalue weighted by atomic mass is 32.1. The van der Waals surface area contributed by atoms with Crippen LogP contribution in [0.2, 0.25) is 0 Å². The van der Waals surface area contributed by atoms with E-state index in [0.717, 1.165) is 0 Å². The molecule has 1 aliphatic rings. The molecule has 6 heteroatoms. The highest BCUT2D eigenvalue weighted by molar-refractivity contribution is 7.82. The van der Waals surface area contributed by atoms with Gasteiger partial charge in [0.25, 0.3) is 0 Å². The van der Waals surface area contributed by atoms with Crippen LogP contribution in [0.25, 0.3) is 0 Å². The van der Waals surface area contributed by atoms with Crippen LogP contribution >= 0.6 is 37.5 Å². The largest absolute Gasteiger partial charge is 0.339 e. The van der Waals surface area contributed by atoms with Gasteiger partial charge in [-0.1, -0.05) is 0 Å². The van der Waals surface area contributed by atoms with E-state index in [1.807, 2.05) is 0 Å². The smallest absolute Gasteiger partial charge is 0.170 e. The van der Waals surface area contributed by atoms with Gasteiger partial charge in [0, 0.05) is 0 Å². The van der Waals surface area contributed by atoms with Crippen molar-refractivity contribution in [3.05, 3.63) is 0 Å². The van der Waals surface area contributed by atoms with Crippen LogP contribution in [0.15, 0.2) is 0 Å². The van der Waals surface area contributed by atoms with Gasteiger partial charge in [0.2, 0.25) is 0 Å². The summed E-state index contributed by atoms with van der Waals surface area (Å²) in [6, 6.07) is 0. The van der Waals surface area contributed by atoms with Crippen LogP contribution in [-0.2, 0) is 0 Å². The Morgan fingerprint density at radius 1 is 1.22 bits per heavy atom. The van der Waals surface area contributed by atoms with E-state index in [-0.39, 0.29) is 11.0 Å². The second kappa shape index (κ2) is 2.96. The maximum absolute atomic E-state index is 4.80. The van der Waals surface area contributed by atoms with Crippen LogP contribution in [0.5, 0.6) is 0 Å². The molecule has 0 spiro atoms. The summed E-state index contributed by atoms with van der Waals surface area (Å²) in [7, 11) is 0. The quantitative estimate of drug-likeness (QED) is 0.257. The summed E-state index contributed by atoms with van der Waals surface area (Å²) in [5, 5.41) is 9.17. The lowest BCUT2D eigenvalue weighted by atomic mass is 10.7. The van der Waals surface area contributed by atoms with E-state index in [4.69, 9.17) is 12.2 Å². The molecule has 1 aliphatic heterocycles. The van der Waals surface area contributed by atoms with Crippen LogP contribution in [-0.4, -0.2) is 16.1 Å². The average molecular weight is 181 g/mol. The van der Waals surface area contributed by atoms with Crippen molar-refractivity contribution in [3.8, 4) is 0 Å². The van der Waals surface area contributed by atoms with E-state index in [1.165, 1.54) is 0 Å². The Balaban J connectivity index is 2.43. The van der Waals surface area contributed by atoms with Gasteiger partial charge in [-0.15, -0.1) is 25.3 Å². The molecule has 0 bridgehead atoms. The number of nitrogens with one attached hydrogen (secondary N) is 3. The molecule has 3 nitrogen and oxygen atoms in total. The summed E-state index contributed by atoms with van der Waals surface area (Å²) >= 11 is 13.0. The first-order valence-electron chi connectivity index (χ1n) is 2.38. The van der Waals surface area contributed by atoms with Gasteiger partial charge in [0.1, 0.15) is 11.0 Å². The standard InChI is InChI=1S/C3H7N3S3/c7-1-4-2(8)6-3(9)5-1/h1-2,4,7-8H,(H2,5,6,9). The topological polar surface area (TPSA) is 36.1 Å². The summed E-state index contributed by atoms with van der Waals surface area (Å²) in [4.78, 5) is 0. The predicted octanol–water partition coefficient (Wildman–Crippen LogP) is -0.520. The first kappa shape index (κ1) is 7.46. The summed E-state index contributed by atoms with van der Waals surface area (Å²) in [5.74, 6) is 0. The third kappa shape index (κ3) is 2.21. The highest BCUT2D eigenvalue weighted by Crippen LogP contribution is 1.96. The molecule has 3 N–H and O–H groups in total. The molecule has 0 aromatic carbocycles. The first-order valence-corrected chi connectivity index (χ1v) is 3.82.